The Bertz CT molecular complexity index is 634. The van der Waals surface area contributed by atoms with Crippen LogP contribution >= 0.6 is 38.9 Å². The number of aromatic nitrogens is 1. The highest BCUT2D eigenvalue weighted by Crippen LogP contribution is 2.38. The van der Waals surface area contributed by atoms with E-state index in [0.717, 1.165) is 11.3 Å². The van der Waals surface area contributed by atoms with E-state index in [9.17, 15) is 10.1 Å². The number of thiazole rings is 1. The molecule has 0 atom stereocenters. The summed E-state index contributed by atoms with van der Waals surface area (Å²) in [5.41, 5.74) is -0.109. The first-order valence-electron chi connectivity index (χ1n) is 4.89. The molecule has 0 aliphatic rings. The van der Waals surface area contributed by atoms with Crippen LogP contribution in [0.4, 0.5) is 5.69 Å². The van der Waals surface area contributed by atoms with Crippen LogP contribution in [0.25, 0.3) is 0 Å². The Morgan fingerprint density at radius 1 is 1.58 bits per heavy atom. The molecule has 0 aliphatic carbocycles. The van der Waals surface area contributed by atoms with E-state index in [1.165, 1.54) is 12.1 Å². The minimum atomic E-state index is -0.523. The minimum Gasteiger partial charge on any atom is -0.429 e. The van der Waals surface area contributed by atoms with Gasteiger partial charge in [-0.15, -0.1) is 0 Å². The van der Waals surface area contributed by atoms with E-state index >= 15 is 0 Å². The number of nitrogens with zero attached hydrogens (tertiary/aromatic N) is 2. The van der Waals surface area contributed by atoms with Crippen LogP contribution in [0.15, 0.2) is 22.7 Å². The summed E-state index contributed by atoms with van der Waals surface area (Å²) in [6.45, 7) is -0.240. The van der Waals surface area contributed by atoms with Crippen LogP contribution in [-0.2, 0) is 6.61 Å². The molecule has 0 fully saturated rings. The summed E-state index contributed by atoms with van der Waals surface area (Å²) in [5.74, 6) is 0.254. The number of aliphatic hydroxyl groups is 1. The van der Waals surface area contributed by atoms with Crippen molar-refractivity contribution in [2.45, 2.75) is 6.61 Å². The molecule has 100 valence electrons. The molecule has 0 spiro atoms. The van der Waals surface area contributed by atoms with Crippen LogP contribution in [0.3, 0.4) is 0 Å². The average Bonchev–Trinajstić information content (AvgIpc) is 2.71. The SMILES string of the molecule is O=[N+]([O-])c1cccc(Oc2nc(Cl)c(CO)s2)c1Br. The lowest BCUT2D eigenvalue weighted by Crippen LogP contribution is -1.91. The van der Waals surface area contributed by atoms with Gasteiger partial charge in [0, 0.05) is 6.07 Å². The van der Waals surface area contributed by atoms with Gasteiger partial charge in [-0.3, -0.25) is 10.1 Å². The molecule has 19 heavy (non-hydrogen) atoms. The summed E-state index contributed by atoms with van der Waals surface area (Å²) in [6.07, 6.45) is 0. The number of hydrogen-bond acceptors (Lipinski definition) is 6. The van der Waals surface area contributed by atoms with Crippen LogP contribution in [0, 0.1) is 10.1 Å². The molecular formula is C10H6BrClN2O4S. The lowest BCUT2D eigenvalue weighted by atomic mass is 10.3. The fourth-order valence-electron chi connectivity index (χ4n) is 1.27. The smallest absolute Gasteiger partial charge is 0.287 e. The first kappa shape index (κ1) is 14.2. The van der Waals surface area contributed by atoms with E-state index in [4.69, 9.17) is 21.4 Å². The van der Waals surface area contributed by atoms with Gasteiger partial charge >= 0.3 is 0 Å². The highest BCUT2D eigenvalue weighted by atomic mass is 79.9. The maximum atomic E-state index is 10.8. The first-order valence-corrected chi connectivity index (χ1v) is 6.88. The van der Waals surface area contributed by atoms with E-state index < -0.39 is 4.92 Å². The molecule has 1 heterocycles. The van der Waals surface area contributed by atoms with Crippen molar-refractivity contribution in [3.63, 3.8) is 0 Å². The zero-order valence-corrected chi connectivity index (χ0v) is 12.3. The number of rotatable bonds is 4. The van der Waals surface area contributed by atoms with Crippen molar-refractivity contribution in [2.24, 2.45) is 0 Å². The molecular weight excluding hydrogens is 360 g/mol. The molecule has 0 amide bonds. The van der Waals surface area contributed by atoms with Crippen molar-refractivity contribution >= 4 is 44.6 Å². The van der Waals surface area contributed by atoms with Crippen LogP contribution in [0.5, 0.6) is 10.9 Å². The van der Waals surface area contributed by atoms with Crippen molar-refractivity contribution in [3.05, 3.63) is 42.8 Å². The number of nitro groups is 1. The van der Waals surface area contributed by atoms with Crippen molar-refractivity contribution in [1.29, 1.82) is 0 Å². The Labute approximate surface area is 124 Å². The number of nitro benzene ring substituents is 1. The molecule has 1 aromatic carbocycles. The predicted octanol–water partition coefficient (Wildman–Crippen LogP) is 3.75. The second-order valence-corrected chi connectivity index (χ2v) is 5.50. The summed E-state index contributed by atoms with van der Waals surface area (Å²) >= 11 is 9.95. The number of ether oxygens (including phenoxy) is 1. The lowest BCUT2D eigenvalue weighted by Gasteiger charge is -2.04. The van der Waals surface area contributed by atoms with Gasteiger partial charge in [0.2, 0.25) is 0 Å². The fraction of sp³-hybridized carbons (Fsp3) is 0.100. The van der Waals surface area contributed by atoms with Gasteiger partial charge < -0.3 is 9.84 Å². The number of benzene rings is 1. The Kier molecular flexibility index (Phi) is 4.35. The molecule has 6 nitrogen and oxygen atoms in total. The molecule has 1 N–H and O–H groups in total. The Hall–Kier alpha value is -1.22. The van der Waals surface area contributed by atoms with Gasteiger partial charge in [-0.1, -0.05) is 29.0 Å². The molecule has 2 aromatic rings. The molecule has 0 saturated carbocycles. The van der Waals surface area contributed by atoms with E-state index in [2.05, 4.69) is 20.9 Å². The maximum absolute atomic E-state index is 10.8. The topological polar surface area (TPSA) is 85.5 Å². The molecule has 0 bridgehead atoms. The molecule has 9 heteroatoms. The Morgan fingerprint density at radius 2 is 2.32 bits per heavy atom. The number of hydrogen-bond donors (Lipinski definition) is 1. The van der Waals surface area contributed by atoms with Gasteiger partial charge in [0.05, 0.1) is 16.4 Å². The average molecular weight is 366 g/mol. The van der Waals surface area contributed by atoms with E-state index in [1.54, 1.807) is 6.07 Å². The second kappa shape index (κ2) is 5.83. The number of halogens is 2. The zero-order chi connectivity index (χ0) is 14.0. The normalized spacial score (nSPS) is 10.5. The highest BCUT2D eigenvalue weighted by molar-refractivity contribution is 9.10. The summed E-state index contributed by atoms with van der Waals surface area (Å²) in [7, 11) is 0. The molecule has 2 rings (SSSR count). The van der Waals surface area contributed by atoms with Crippen LogP contribution in [0.1, 0.15) is 4.88 Å². The van der Waals surface area contributed by atoms with E-state index in [0.29, 0.717) is 4.88 Å². The Balaban J connectivity index is 2.33. The monoisotopic (exact) mass is 364 g/mol. The molecule has 0 aliphatic heterocycles. The van der Waals surface area contributed by atoms with Gasteiger partial charge in [0.1, 0.15) is 9.63 Å². The summed E-state index contributed by atoms with van der Waals surface area (Å²) in [5, 5.41) is 20.1. The summed E-state index contributed by atoms with van der Waals surface area (Å²) in [4.78, 5) is 14.6. The molecule has 0 saturated heterocycles. The van der Waals surface area contributed by atoms with Gasteiger partial charge in [-0.2, -0.15) is 4.98 Å². The third-order valence-corrected chi connectivity index (χ3v) is 4.25. The van der Waals surface area contributed by atoms with Gasteiger partial charge in [-0.05, 0) is 22.0 Å². The van der Waals surface area contributed by atoms with Crippen molar-refractivity contribution < 1.29 is 14.8 Å². The van der Waals surface area contributed by atoms with Crippen LogP contribution in [-0.4, -0.2) is 15.0 Å². The third kappa shape index (κ3) is 3.03. The van der Waals surface area contributed by atoms with Crippen molar-refractivity contribution in [2.75, 3.05) is 0 Å². The fourth-order valence-corrected chi connectivity index (χ4v) is 2.73. The number of aliphatic hydroxyl groups excluding tert-OH is 1. The third-order valence-electron chi connectivity index (χ3n) is 2.11. The van der Waals surface area contributed by atoms with Gasteiger partial charge in [-0.25, -0.2) is 0 Å². The molecule has 1 aromatic heterocycles. The minimum absolute atomic E-state index is 0.109. The van der Waals surface area contributed by atoms with E-state index in [1.807, 2.05) is 0 Å². The molecule has 0 unspecified atom stereocenters. The zero-order valence-electron chi connectivity index (χ0n) is 9.17. The Morgan fingerprint density at radius 3 is 2.89 bits per heavy atom. The highest BCUT2D eigenvalue weighted by Gasteiger charge is 2.18. The van der Waals surface area contributed by atoms with Gasteiger partial charge in [0.25, 0.3) is 10.9 Å². The standard InChI is InChI=1S/C10H6BrClN2O4S/c11-8-5(14(16)17)2-1-3-6(8)18-10-13-9(12)7(4-15)19-10/h1-3,15H,4H2. The van der Waals surface area contributed by atoms with Crippen molar-refractivity contribution in [1.82, 2.24) is 4.98 Å². The van der Waals surface area contributed by atoms with E-state index in [-0.39, 0.29) is 32.9 Å². The summed E-state index contributed by atoms with van der Waals surface area (Å²) in [6, 6.07) is 4.41. The van der Waals surface area contributed by atoms with Crippen LogP contribution < -0.4 is 4.74 Å². The van der Waals surface area contributed by atoms with Crippen LogP contribution in [0.2, 0.25) is 5.15 Å². The quantitative estimate of drug-likeness (QED) is 0.659. The molecule has 0 radical (unpaired) electrons. The largest absolute Gasteiger partial charge is 0.429 e. The maximum Gasteiger partial charge on any atom is 0.287 e. The summed E-state index contributed by atoms with van der Waals surface area (Å²) < 4.78 is 5.64. The second-order valence-electron chi connectivity index (χ2n) is 3.30. The first-order chi connectivity index (χ1) is 9.02. The van der Waals surface area contributed by atoms with Gasteiger partial charge in [0.15, 0.2) is 5.75 Å². The van der Waals surface area contributed by atoms with Crippen molar-refractivity contribution in [3.8, 4) is 10.9 Å². The predicted molar refractivity (Wildman–Crippen MR) is 73.9 cm³/mol. The lowest BCUT2D eigenvalue weighted by molar-refractivity contribution is -0.385.